The molecule has 0 radical (unpaired) electrons. The lowest BCUT2D eigenvalue weighted by molar-refractivity contribution is 0.555. The Hall–Kier alpha value is -0.460. The van der Waals surface area contributed by atoms with Crippen molar-refractivity contribution in [1.82, 2.24) is 4.90 Å². The van der Waals surface area contributed by atoms with Gasteiger partial charge in [-0.2, -0.15) is 0 Å². The van der Waals surface area contributed by atoms with Gasteiger partial charge in [-0.05, 0) is 19.0 Å². The van der Waals surface area contributed by atoms with Crippen molar-refractivity contribution in [2.24, 2.45) is 0 Å². The quantitative estimate of drug-likeness (QED) is 0.478. The molecule has 0 N–H and O–H groups in total. The van der Waals surface area contributed by atoms with Crippen molar-refractivity contribution in [3.8, 4) is 0 Å². The first-order valence-electron chi connectivity index (χ1n) is 6.60. The largest absolute Gasteiger partial charge is 0.384 e. The van der Waals surface area contributed by atoms with E-state index in [2.05, 4.69) is 38.2 Å². The van der Waals surface area contributed by atoms with Crippen molar-refractivity contribution < 1.29 is 0 Å². The summed E-state index contributed by atoms with van der Waals surface area (Å²) in [7, 11) is 4.15. The molecule has 0 heterocycles. The molecule has 0 saturated heterocycles. The molecule has 0 aromatic carbocycles. The van der Waals surface area contributed by atoms with Crippen molar-refractivity contribution in [3.05, 3.63) is 12.3 Å². The lowest BCUT2D eigenvalue weighted by Gasteiger charge is -2.03. The molecule has 0 fully saturated rings. The average molecular weight is 211 g/mol. The van der Waals surface area contributed by atoms with Gasteiger partial charge in [0.25, 0.3) is 0 Å². The van der Waals surface area contributed by atoms with Crippen LogP contribution in [-0.2, 0) is 0 Å². The molecule has 0 aromatic rings. The molecule has 90 valence electrons. The second-order valence-electron chi connectivity index (χ2n) is 4.61. The molecule has 0 bridgehead atoms. The van der Waals surface area contributed by atoms with Crippen LogP contribution in [0, 0.1) is 0 Å². The summed E-state index contributed by atoms with van der Waals surface area (Å²) in [6, 6.07) is 0. The van der Waals surface area contributed by atoms with E-state index in [9.17, 15) is 0 Å². The molecule has 0 aliphatic carbocycles. The van der Waals surface area contributed by atoms with Crippen LogP contribution in [0.15, 0.2) is 12.3 Å². The van der Waals surface area contributed by atoms with E-state index in [4.69, 9.17) is 0 Å². The molecule has 0 atom stereocenters. The Morgan fingerprint density at radius 2 is 1.33 bits per heavy atom. The van der Waals surface area contributed by atoms with E-state index >= 15 is 0 Å². The summed E-state index contributed by atoms with van der Waals surface area (Å²) in [6.07, 6.45) is 17.0. The normalized spacial score (nSPS) is 11.1. The van der Waals surface area contributed by atoms with E-state index in [0.717, 1.165) is 0 Å². The van der Waals surface area contributed by atoms with Crippen LogP contribution in [0.4, 0.5) is 0 Å². The number of unbranched alkanes of at least 4 members (excludes halogenated alkanes) is 8. The van der Waals surface area contributed by atoms with Gasteiger partial charge in [0.2, 0.25) is 0 Å². The molecule has 0 unspecified atom stereocenters. The summed E-state index contributed by atoms with van der Waals surface area (Å²) in [5.41, 5.74) is 0. The lowest BCUT2D eigenvalue weighted by Crippen LogP contribution is -1.99. The number of rotatable bonds is 10. The van der Waals surface area contributed by atoms with Gasteiger partial charge in [0, 0.05) is 14.1 Å². The van der Waals surface area contributed by atoms with Crippen LogP contribution in [0.2, 0.25) is 0 Å². The molecule has 0 rings (SSSR count). The molecular weight excluding hydrogens is 182 g/mol. The molecule has 0 aromatic heterocycles. The van der Waals surface area contributed by atoms with Crippen LogP contribution in [0.3, 0.4) is 0 Å². The van der Waals surface area contributed by atoms with Crippen molar-refractivity contribution in [2.75, 3.05) is 14.1 Å². The molecule has 1 nitrogen and oxygen atoms in total. The first kappa shape index (κ1) is 14.5. The maximum Gasteiger partial charge on any atom is 0.00555 e. The SMILES string of the molecule is CCCCCCCCCCC=CN(C)C. The Bertz CT molecular complexity index is 138. The maximum atomic E-state index is 2.27. The molecule has 15 heavy (non-hydrogen) atoms. The third kappa shape index (κ3) is 13.5. The Balaban J connectivity index is 2.99. The molecule has 0 aliphatic rings. The lowest BCUT2D eigenvalue weighted by atomic mass is 10.1. The third-order valence-corrected chi connectivity index (χ3v) is 2.63. The van der Waals surface area contributed by atoms with Crippen molar-refractivity contribution >= 4 is 0 Å². The highest BCUT2D eigenvalue weighted by Gasteiger charge is 1.90. The van der Waals surface area contributed by atoms with Gasteiger partial charge in [-0.15, -0.1) is 0 Å². The van der Waals surface area contributed by atoms with Crippen LogP contribution in [0.1, 0.15) is 64.7 Å². The van der Waals surface area contributed by atoms with Crippen molar-refractivity contribution in [3.63, 3.8) is 0 Å². The zero-order valence-electron chi connectivity index (χ0n) is 11.0. The van der Waals surface area contributed by atoms with E-state index in [1.165, 1.54) is 57.8 Å². The van der Waals surface area contributed by atoms with E-state index < -0.39 is 0 Å². The number of allylic oxidation sites excluding steroid dienone is 1. The number of hydrogen-bond donors (Lipinski definition) is 0. The summed E-state index contributed by atoms with van der Waals surface area (Å²) < 4.78 is 0. The first-order chi connectivity index (χ1) is 7.27. The smallest absolute Gasteiger partial charge is 0.00555 e. The predicted octanol–water partition coefficient (Wildman–Crippen LogP) is 4.59. The zero-order valence-corrected chi connectivity index (χ0v) is 11.0. The van der Waals surface area contributed by atoms with Gasteiger partial charge in [0.15, 0.2) is 0 Å². The Labute approximate surface area is 96.6 Å². The third-order valence-electron chi connectivity index (χ3n) is 2.63. The number of nitrogens with zero attached hydrogens (tertiary/aromatic N) is 1. The second-order valence-corrected chi connectivity index (χ2v) is 4.61. The molecular formula is C14H29N. The summed E-state index contributed by atoms with van der Waals surface area (Å²) in [6.45, 7) is 2.27. The van der Waals surface area contributed by atoms with Gasteiger partial charge in [0.05, 0.1) is 0 Å². The van der Waals surface area contributed by atoms with Crippen LogP contribution < -0.4 is 0 Å². The molecule has 1 heteroatoms. The second kappa shape index (κ2) is 11.6. The van der Waals surface area contributed by atoms with Crippen LogP contribution in [0.25, 0.3) is 0 Å². The molecule has 0 aliphatic heterocycles. The van der Waals surface area contributed by atoms with Crippen LogP contribution in [0.5, 0.6) is 0 Å². The van der Waals surface area contributed by atoms with Crippen LogP contribution in [-0.4, -0.2) is 19.0 Å². The van der Waals surface area contributed by atoms with E-state index in [1.807, 2.05) is 0 Å². The van der Waals surface area contributed by atoms with E-state index in [-0.39, 0.29) is 0 Å². The maximum absolute atomic E-state index is 2.27. The fraction of sp³-hybridized carbons (Fsp3) is 0.857. The standard InChI is InChI=1S/C14H29N/c1-4-5-6-7-8-9-10-11-12-13-14-15(2)3/h13-14H,4-12H2,1-3H3. The highest BCUT2D eigenvalue weighted by Crippen LogP contribution is 2.09. The Kier molecular flexibility index (Phi) is 11.3. The van der Waals surface area contributed by atoms with E-state index in [0.29, 0.717) is 0 Å². The average Bonchev–Trinajstić information content (AvgIpc) is 2.20. The van der Waals surface area contributed by atoms with Gasteiger partial charge in [0.1, 0.15) is 0 Å². The molecule has 0 amide bonds. The van der Waals surface area contributed by atoms with Gasteiger partial charge < -0.3 is 4.90 Å². The highest BCUT2D eigenvalue weighted by atomic mass is 15.0. The Morgan fingerprint density at radius 3 is 1.87 bits per heavy atom. The van der Waals surface area contributed by atoms with Crippen LogP contribution >= 0.6 is 0 Å². The summed E-state index contributed by atoms with van der Waals surface area (Å²) in [5, 5.41) is 0. The van der Waals surface area contributed by atoms with Gasteiger partial charge >= 0.3 is 0 Å². The minimum absolute atomic E-state index is 1.24. The van der Waals surface area contributed by atoms with Gasteiger partial charge in [-0.1, -0.05) is 57.9 Å². The van der Waals surface area contributed by atoms with Gasteiger partial charge in [-0.25, -0.2) is 0 Å². The van der Waals surface area contributed by atoms with Crippen molar-refractivity contribution in [1.29, 1.82) is 0 Å². The van der Waals surface area contributed by atoms with Crippen molar-refractivity contribution in [2.45, 2.75) is 64.7 Å². The fourth-order valence-electron chi connectivity index (χ4n) is 1.68. The Morgan fingerprint density at radius 1 is 0.800 bits per heavy atom. The first-order valence-corrected chi connectivity index (χ1v) is 6.60. The minimum atomic E-state index is 1.24. The van der Waals surface area contributed by atoms with E-state index in [1.54, 1.807) is 0 Å². The predicted molar refractivity (Wildman–Crippen MR) is 70.1 cm³/mol. The number of hydrogen-bond acceptors (Lipinski definition) is 1. The summed E-state index contributed by atoms with van der Waals surface area (Å²) >= 11 is 0. The molecule has 0 saturated carbocycles. The monoisotopic (exact) mass is 211 g/mol. The summed E-state index contributed by atoms with van der Waals surface area (Å²) in [5.74, 6) is 0. The highest BCUT2D eigenvalue weighted by molar-refractivity contribution is 4.78. The van der Waals surface area contributed by atoms with Gasteiger partial charge in [-0.3, -0.25) is 0 Å². The summed E-state index contributed by atoms with van der Waals surface area (Å²) in [4.78, 5) is 2.10. The molecule has 0 spiro atoms. The topological polar surface area (TPSA) is 3.24 Å². The zero-order chi connectivity index (χ0) is 11.4. The fourth-order valence-corrected chi connectivity index (χ4v) is 1.68. The minimum Gasteiger partial charge on any atom is -0.384 e.